The number of aromatic nitrogens is 3. The average Bonchev–Trinajstić information content (AvgIpc) is 3.44. The molecule has 2 aliphatic carbocycles. The fraction of sp³-hybridized carbons (Fsp3) is 0.630. The van der Waals surface area contributed by atoms with Crippen LogP contribution in [0.15, 0.2) is 18.3 Å². The molecule has 4 unspecified atom stereocenters. The van der Waals surface area contributed by atoms with E-state index in [9.17, 15) is 22.8 Å². The quantitative estimate of drug-likeness (QED) is 0.478. The smallest absolute Gasteiger partial charge is 0.274 e. The first-order chi connectivity index (χ1) is 18.7. The molecule has 8 nitrogen and oxygen atoms in total. The van der Waals surface area contributed by atoms with Crippen LogP contribution in [0.2, 0.25) is 0 Å². The summed E-state index contributed by atoms with van der Waals surface area (Å²) in [4.78, 5) is 31.4. The molecule has 12 heteroatoms. The number of hydrogen-bond acceptors (Lipinski definition) is 5. The van der Waals surface area contributed by atoms with E-state index in [2.05, 4.69) is 15.2 Å². The van der Waals surface area contributed by atoms with Crippen LogP contribution in [-0.2, 0) is 4.79 Å². The van der Waals surface area contributed by atoms with Crippen molar-refractivity contribution in [1.82, 2.24) is 20.1 Å². The average molecular weight is 552 g/mol. The summed E-state index contributed by atoms with van der Waals surface area (Å²) in [7, 11) is 1.39. The minimum atomic E-state index is -1.47. The van der Waals surface area contributed by atoms with Gasteiger partial charge in [-0.3, -0.25) is 27.9 Å². The highest BCUT2D eigenvalue weighted by molar-refractivity contribution is 5.94. The van der Waals surface area contributed by atoms with Gasteiger partial charge in [-0.1, -0.05) is 12.8 Å². The molecule has 3 aliphatic rings. The first kappa shape index (κ1) is 27.4. The molecule has 3 fully saturated rings. The third-order valence-electron chi connectivity index (χ3n) is 9.66. The van der Waals surface area contributed by atoms with Crippen molar-refractivity contribution in [3.8, 4) is 17.1 Å². The van der Waals surface area contributed by atoms with Gasteiger partial charge >= 0.3 is 0 Å². The van der Waals surface area contributed by atoms with Gasteiger partial charge in [-0.15, -0.1) is 0 Å². The molecule has 0 aromatic carbocycles. The van der Waals surface area contributed by atoms with Crippen LogP contribution in [-0.4, -0.2) is 71.1 Å². The molecule has 1 saturated heterocycles. The highest BCUT2D eigenvalue weighted by Gasteiger charge is 2.73. The number of methoxy groups -OCH3 is 1. The molecule has 0 radical (unpaired) electrons. The van der Waals surface area contributed by atoms with E-state index in [1.54, 1.807) is 4.90 Å². The Morgan fingerprint density at radius 2 is 1.90 bits per heavy atom. The molecule has 2 amide bonds. The lowest BCUT2D eigenvalue weighted by molar-refractivity contribution is -0.125. The van der Waals surface area contributed by atoms with Gasteiger partial charge in [0.1, 0.15) is 0 Å². The zero-order valence-corrected chi connectivity index (χ0v) is 21.8. The van der Waals surface area contributed by atoms with Gasteiger partial charge in [0.25, 0.3) is 5.91 Å². The van der Waals surface area contributed by atoms with Crippen LogP contribution in [0, 0.1) is 28.5 Å². The summed E-state index contributed by atoms with van der Waals surface area (Å²) >= 11 is 0. The van der Waals surface area contributed by atoms with E-state index in [1.165, 1.54) is 19.2 Å². The number of carbonyl (C=O) groups excluding carboxylic acids is 2. The molecule has 3 N–H and O–H groups in total. The van der Waals surface area contributed by atoms with Gasteiger partial charge in [0.2, 0.25) is 11.8 Å². The number of nitrogens with zero attached hydrogens (tertiary/aromatic N) is 3. The summed E-state index contributed by atoms with van der Waals surface area (Å²) in [5.41, 5.74) is 2.24. The van der Waals surface area contributed by atoms with Crippen LogP contribution >= 0.6 is 0 Å². The van der Waals surface area contributed by atoms with E-state index < -0.39 is 65.9 Å². The lowest BCUT2D eigenvalue weighted by atomic mass is 9.54. The van der Waals surface area contributed by atoms with Crippen molar-refractivity contribution >= 4 is 11.8 Å². The summed E-state index contributed by atoms with van der Waals surface area (Å²) in [5, 5.41) is 6.80. The minimum Gasteiger partial charge on any atom is -0.481 e. The standard InChI is InChI=1S/C27H33F4N5O3/c1-39-22-8-17(18(31)12-33-22)19-9-20(35-34-19)24(38)36-7-4-16(23(32)37)10-27(36)11-21(27)26(15-30)6-3-2-5-25(26,13-28)14-29/h8-9,12,16,21H,2-7,10-11,13-15H2,1H3,(H2,32,37)(H,34,35). The van der Waals surface area contributed by atoms with E-state index >= 15 is 4.39 Å². The largest absolute Gasteiger partial charge is 0.481 e. The minimum absolute atomic E-state index is 0.00270. The van der Waals surface area contributed by atoms with Crippen LogP contribution in [0.3, 0.4) is 0 Å². The molecule has 2 saturated carbocycles. The molecule has 39 heavy (non-hydrogen) atoms. The van der Waals surface area contributed by atoms with E-state index in [1.807, 2.05) is 0 Å². The molecular formula is C27H33F4N5O3. The van der Waals surface area contributed by atoms with Gasteiger partial charge in [-0.25, -0.2) is 9.37 Å². The Bertz CT molecular complexity index is 1250. The van der Waals surface area contributed by atoms with Crippen molar-refractivity contribution in [2.24, 2.45) is 28.4 Å². The zero-order valence-electron chi connectivity index (χ0n) is 21.8. The molecule has 2 aromatic rings. The summed E-state index contributed by atoms with van der Waals surface area (Å²) in [6.45, 7) is -2.73. The van der Waals surface area contributed by atoms with Crippen LogP contribution in [0.4, 0.5) is 17.6 Å². The van der Waals surface area contributed by atoms with E-state index in [4.69, 9.17) is 10.5 Å². The maximum absolute atomic E-state index is 15.0. The lowest BCUT2D eigenvalue weighted by Crippen LogP contribution is -2.57. The Morgan fingerprint density at radius 3 is 2.56 bits per heavy atom. The Balaban J connectivity index is 1.50. The molecular weight excluding hydrogens is 518 g/mol. The van der Waals surface area contributed by atoms with Gasteiger partial charge in [0, 0.05) is 40.5 Å². The Morgan fingerprint density at radius 1 is 1.15 bits per heavy atom. The number of hydrogen-bond donors (Lipinski definition) is 2. The van der Waals surface area contributed by atoms with E-state index in [0.29, 0.717) is 32.1 Å². The monoisotopic (exact) mass is 551 g/mol. The SMILES string of the molecule is COc1cc(-c2cc(C(=O)N3CCC(C(N)=O)CC34CC4C3(CF)CCCCC3(CF)CF)n[nH]2)c(F)cn1. The third-order valence-corrected chi connectivity index (χ3v) is 9.66. The van der Waals surface area contributed by atoms with Crippen molar-refractivity contribution in [1.29, 1.82) is 0 Å². The number of aromatic amines is 1. The van der Waals surface area contributed by atoms with Gasteiger partial charge < -0.3 is 15.4 Å². The van der Waals surface area contributed by atoms with Crippen molar-refractivity contribution < 1.29 is 31.9 Å². The summed E-state index contributed by atoms with van der Waals surface area (Å²) in [6.07, 6.45) is 3.60. The maximum Gasteiger partial charge on any atom is 0.274 e. The predicted molar refractivity (Wildman–Crippen MR) is 133 cm³/mol. The molecule has 0 bridgehead atoms. The molecule has 3 heterocycles. The Labute approximate surface area is 223 Å². The second kappa shape index (κ2) is 10.1. The second-order valence-electron chi connectivity index (χ2n) is 11.3. The first-order valence-electron chi connectivity index (χ1n) is 13.3. The number of rotatable bonds is 8. The number of carbonyl (C=O) groups is 2. The predicted octanol–water partition coefficient (Wildman–Crippen LogP) is 4.17. The first-order valence-corrected chi connectivity index (χ1v) is 13.3. The van der Waals surface area contributed by atoms with Crippen molar-refractivity contribution in [2.45, 2.75) is 50.5 Å². The molecule has 212 valence electrons. The number of halogens is 4. The topological polar surface area (TPSA) is 114 Å². The number of ether oxygens (including phenoxy) is 1. The van der Waals surface area contributed by atoms with Crippen LogP contribution in [0.25, 0.3) is 11.3 Å². The number of nitrogens with one attached hydrogen (secondary N) is 1. The fourth-order valence-electron chi connectivity index (χ4n) is 7.37. The summed E-state index contributed by atoms with van der Waals surface area (Å²) < 4.78 is 63.6. The van der Waals surface area contributed by atoms with Crippen LogP contribution in [0.1, 0.15) is 55.4 Å². The number of primary amides is 1. The normalized spacial score (nSPS) is 29.8. The van der Waals surface area contributed by atoms with Crippen LogP contribution < -0.4 is 10.5 Å². The zero-order chi connectivity index (χ0) is 28.0. The second-order valence-corrected chi connectivity index (χ2v) is 11.3. The van der Waals surface area contributed by atoms with Crippen molar-refractivity contribution in [2.75, 3.05) is 33.7 Å². The fourth-order valence-corrected chi connectivity index (χ4v) is 7.37. The van der Waals surface area contributed by atoms with E-state index in [0.717, 1.165) is 6.20 Å². The molecule has 1 aliphatic heterocycles. The number of pyridine rings is 1. The van der Waals surface area contributed by atoms with Crippen LogP contribution in [0.5, 0.6) is 5.88 Å². The lowest BCUT2D eigenvalue weighted by Gasteiger charge is -2.53. The number of piperidine rings is 1. The third kappa shape index (κ3) is 4.17. The maximum atomic E-state index is 15.0. The number of likely N-dealkylation sites (tertiary alicyclic amines) is 1. The Kier molecular flexibility index (Phi) is 7.09. The van der Waals surface area contributed by atoms with Gasteiger partial charge in [0.05, 0.1) is 39.0 Å². The van der Waals surface area contributed by atoms with Crippen molar-refractivity contribution in [3.05, 3.63) is 29.8 Å². The van der Waals surface area contributed by atoms with E-state index in [-0.39, 0.29) is 42.2 Å². The summed E-state index contributed by atoms with van der Waals surface area (Å²) in [6, 6.07) is 2.78. The Hall–Kier alpha value is -3.18. The molecule has 5 rings (SSSR count). The van der Waals surface area contributed by atoms with Gasteiger partial charge in [-0.2, -0.15) is 5.10 Å². The molecule has 4 atom stereocenters. The molecule has 1 spiro atoms. The van der Waals surface area contributed by atoms with Gasteiger partial charge in [0.15, 0.2) is 11.5 Å². The number of H-pyrrole nitrogens is 1. The number of nitrogens with two attached hydrogens (primary N) is 1. The highest BCUT2D eigenvalue weighted by atomic mass is 19.1. The summed E-state index contributed by atoms with van der Waals surface area (Å²) in [5.74, 6) is -2.55. The number of amides is 2. The van der Waals surface area contributed by atoms with Gasteiger partial charge in [-0.05, 0) is 44.1 Å². The van der Waals surface area contributed by atoms with Crippen molar-refractivity contribution in [3.63, 3.8) is 0 Å². The highest BCUT2D eigenvalue weighted by Crippen LogP contribution is 2.70. The number of alkyl halides is 3. The molecule has 2 aromatic heterocycles.